The summed E-state index contributed by atoms with van der Waals surface area (Å²) in [6, 6.07) is 4.23. The summed E-state index contributed by atoms with van der Waals surface area (Å²) in [7, 11) is -2.34. The fraction of sp³-hybridized carbons (Fsp3) is 0.300. The highest BCUT2D eigenvalue weighted by atomic mass is 32.2. The number of hydrogen-bond donors (Lipinski definition) is 3. The lowest BCUT2D eigenvalue weighted by atomic mass is 9.95. The molecule has 3 N–H and O–H groups in total. The summed E-state index contributed by atoms with van der Waals surface area (Å²) >= 11 is 0.796. The van der Waals surface area contributed by atoms with E-state index in [1.54, 1.807) is 18.2 Å². The number of aromatic nitrogens is 3. The highest BCUT2D eigenvalue weighted by Crippen LogP contribution is 2.32. The smallest absolute Gasteiger partial charge is 0.325 e. The molecule has 0 unspecified atom stereocenters. The number of rotatable bonds is 7. The van der Waals surface area contributed by atoms with Crippen LogP contribution in [0.1, 0.15) is 36.0 Å². The first-order valence-electron chi connectivity index (χ1n) is 9.89. The number of hydrogen-bond acceptors (Lipinski definition) is 8. The van der Waals surface area contributed by atoms with Crippen LogP contribution in [0.25, 0.3) is 0 Å². The van der Waals surface area contributed by atoms with Crippen LogP contribution in [0.15, 0.2) is 46.2 Å². The number of sulfone groups is 1. The maximum atomic E-state index is 13.0. The van der Waals surface area contributed by atoms with Crippen molar-refractivity contribution in [2.75, 3.05) is 17.7 Å². The first-order valence-corrected chi connectivity index (χ1v) is 12.2. The van der Waals surface area contributed by atoms with Gasteiger partial charge in [-0.1, -0.05) is 24.2 Å². The summed E-state index contributed by atoms with van der Waals surface area (Å²) in [5.41, 5.74) is 0.729. The molecule has 0 atom stereocenters. The van der Waals surface area contributed by atoms with Gasteiger partial charge in [-0.15, -0.1) is 0 Å². The normalized spacial score (nSPS) is 14.3. The number of nitrogens with one attached hydrogen (secondary N) is 3. The molecule has 1 saturated carbocycles. The van der Waals surface area contributed by atoms with E-state index in [2.05, 4.69) is 25.6 Å². The van der Waals surface area contributed by atoms with Crippen molar-refractivity contribution in [3.8, 4) is 5.75 Å². The van der Waals surface area contributed by atoms with Crippen molar-refractivity contribution < 1.29 is 22.7 Å². The van der Waals surface area contributed by atoms with Crippen molar-refractivity contribution in [2.45, 2.75) is 35.0 Å². The van der Waals surface area contributed by atoms with Crippen LogP contribution in [0.2, 0.25) is 0 Å². The molecule has 4 rings (SSSR count). The molecule has 3 aromatic rings. The van der Waals surface area contributed by atoms with Crippen LogP contribution in [0.3, 0.4) is 0 Å². The average molecular weight is 476 g/mol. The van der Waals surface area contributed by atoms with Crippen LogP contribution in [-0.2, 0) is 9.84 Å². The molecular weight excluding hydrogens is 454 g/mol. The number of imidazole rings is 1. The number of Topliss-reactive ketones (excluding diaryl/α,β-unsaturated/α-hetero) is 1. The highest BCUT2D eigenvalue weighted by molar-refractivity contribution is 7.93. The second kappa shape index (κ2) is 9.09. The lowest BCUT2D eigenvalue weighted by molar-refractivity contribution is 0.0923. The summed E-state index contributed by atoms with van der Waals surface area (Å²) in [5.74, 6) is 0.418. The van der Waals surface area contributed by atoms with Gasteiger partial charge >= 0.3 is 6.03 Å². The molecular formula is C20H21N5O5S2. The number of nitrogens with zero attached hydrogens (tertiary/aromatic N) is 2. The third-order valence-corrected chi connectivity index (χ3v) is 8.15. The summed E-state index contributed by atoms with van der Waals surface area (Å²) in [4.78, 5) is 35.8. The molecule has 0 spiro atoms. The third kappa shape index (κ3) is 4.50. The van der Waals surface area contributed by atoms with Gasteiger partial charge in [-0.3, -0.25) is 10.1 Å². The lowest BCUT2D eigenvalue weighted by Crippen LogP contribution is -2.22. The Labute approximate surface area is 188 Å². The first-order chi connectivity index (χ1) is 15.4. The molecule has 32 heavy (non-hydrogen) atoms. The predicted octanol–water partition coefficient (Wildman–Crippen LogP) is 3.72. The number of methoxy groups -OCH3 is 1. The van der Waals surface area contributed by atoms with Crippen molar-refractivity contribution in [3.05, 3.63) is 42.4 Å². The number of carbonyl (C=O) groups is 2. The number of carbonyl (C=O) groups excluding carboxylic acids is 2. The van der Waals surface area contributed by atoms with E-state index in [4.69, 9.17) is 4.74 Å². The van der Waals surface area contributed by atoms with Gasteiger partial charge in [0.15, 0.2) is 10.9 Å². The van der Waals surface area contributed by atoms with Crippen molar-refractivity contribution in [2.24, 2.45) is 5.92 Å². The zero-order chi connectivity index (χ0) is 22.7. The minimum absolute atomic E-state index is 0.0298. The molecule has 1 aliphatic rings. The van der Waals surface area contributed by atoms with Crippen molar-refractivity contribution in [1.29, 1.82) is 0 Å². The lowest BCUT2D eigenvalue weighted by Gasteiger charge is -2.15. The first kappa shape index (κ1) is 22.0. The second-order valence-electron chi connectivity index (χ2n) is 7.22. The van der Waals surface area contributed by atoms with Crippen LogP contribution < -0.4 is 15.4 Å². The summed E-state index contributed by atoms with van der Waals surface area (Å²) in [6.45, 7) is 0. The Balaban J connectivity index is 1.50. The Morgan fingerprint density at radius 3 is 2.66 bits per heavy atom. The number of ether oxygens (including phenoxy) is 1. The average Bonchev–Trinajstić information content (AvgIpc) is 3.56. The molecule has 0 saturated heterocycles. The quantitative estimate of drug-likeness (QED) is 0.442. The maximum absolute atomic E-state index is 13.0. The van der Waals surface area contributed by atoms with E-state index in [1.165, 1.54) is 19.5 Å². The van der Waals surface area contributed by atoms with Gasteiger partial charge in [0.05, 0.1) is 19.0 Å². The Morgan fingerprint density at radius 1 is 1.19 bits per heavy atom. The SMILES string of the molecule is COc1ccc(NC(=O)Nc2ncc(S(=O)(=O)c3ncc[nH]3)s2)c(C(=O)C2CCCC2)c1. The zero-order valence-corrected chi connectivity index (χ0v) is 18.8. The number of anilines is 2. The Bertz CT molecular complexity index is 1230. The topological polar surface area (TPSA) is 143 Å². The van der Waals surface area contributed by atoms with E-state index < -0.39 is 15.9 Å². The van der Waals surface area contributed by atoms with Gasteiger partial charge in [0.25, 0.3) is 9.84 Å². The number of benzene rings is 1. The molecule has 0 bridgehead atoms. The van der Waals surface area contributed by atoms with Crippen LogP contribution >= 0.6 is 11.3 Å². The minimum Gasteiger partial charge on any atom is -0.497 e. The van der Waals surface area contributed by atoms with E-state index in [-0.39, 0.29) is 26.2 Å². The summed E-state index contributed by atoms with van der Waals surface area (Å²) in [5, 5.41) is 5.06. The molecule has 168 valence electrons. The minimum atomic E-state index is -3.85. The van der Waals surface area contributed by atoms with Crippen LogP contribution in [0.5, 0.6) is 5.75 Å². The highest BCUT2D eigenvalue weighted by Gasteiger charge is 2.27. The molecule has 2 heterocycles. The van der Waals surface area contributed by atoms with E-state index in [0.717, 1.165) is 43.2 Å². The van der Waals surface area contributed by atoms with Crippen LogP contribution in [0.4, 0.5) is 15.6 Å². The van der Waals surface area contributed by atoms with Crippen molar-refractivity contribution in [1.82, 2.24) is 15.0 Å². The molecule has 1 aliphatic carbocycles. The molecule has 0 aliphatic heterocycles. The van der Waals surface area contributed by atoms with Crippen LogP contribution in [0, 0.1) is 5.92 Å². The van der Waals surface area contributed by atoms with Crippen LogP contribution in [-0.4, -0.2) is 42.3 Å². The monoisotopic (exact) mass is 475 g/mol. The number of thiazole rings is 1. The van der Waals surface area contributed by atoms with Gasteiger partial charge in [0, 0.05) is 23.9 Å². The van der Waals surface area contributed by atoms with Gasteiger partial charge in [0.1, 0.15) is 9.96 Å². The maximum Gasteiger partial charge on any atom is 0.325 e. The second-order valence-corrected chi connectivity index (χ2v) is 10.3. The standard InChI is InChI=1S/C20H21N5O5S2/c1-30-13-6-7-15(14(10-13)17(26)12-4-2-3-5-12)24-18(27)25-19-23-11-16(31-19)32(28,29)20-21-8-9-22-20/h6-12H,2-5H2,1H3,(H,21,22)(H2,23,24,25,27). The predicted molar refractivity (Wildman–Crippen MR) is 118 cm³/mol. The van der Waals surface area contributed by atoms with Crippen molar-refractivity contribution in [3.63, 3.8) is 0 Å². The molecule has 1 aromatic carbocycles. The van der Waals surface area contributed by atoms with Gasteiger partial charge in [-0.2, -0.15) is 0 Å². The zero-order valence-electron chi connectivity index (χ0n) is 17.1. The summed E-state index contributed by atoms with van der Waals surface area (Å²) in [6.07, 6.45) is 7.56. The number of H-pyrrole nitrogens is 1. The molecule has 12 heteroatoms. The van der Waals surface area contributed by atoms with Gasteiger partial charge in [0.2, 0.25) is 5.16 Å². The number of urea groups is 1. The van der Waals surface area contributed by atoms with E-state index >= 15 is 0 Å². The third-order valence-electron chi connectivity index (χ3n) is 5.16. The van der Waals surface area contributed by atoms with Gasteiger partial charge in [-0.25, -0.2) is 23.2 Å². The summed E-state index contributed by atoms with van der Waals surface area (Å²) < 4.78 is 30.1. The van der Waals surface area contributed by atoms with Gasteiger partial charge < -0.3 is 15.0 Å². The number of ketones is 1. The van der Waals surface area contributed by atoms with Crippen molar-refractivity contribution >= 4 is 43.8 Å². The molecule has 2 amide bonds. The Kier molecular flexibility index (Phi) is 6.24. The fourth-order valence-corrected chi connectivity index (χ4v) is 5.82. The Hall–Kier alpha value is -3.25. The Morgan fingerprint density at radius 2 is 1.97 bits per heavy atom. The largest absolute Gasteiger partial charge is 0.497 e. The molecule has 10 nitrogen and oxygen atoms in total. The number of aromatic amines is 1. The van der Waals surface area contributed by atoms with Gasteiger partial charge in [-0.05, 0) is 31.0 Å². The fourth-order valence-electron chi connectivity index (χ4n) is 3.56. The molecule has 0 radical (unpaired) electrons. The number of amides is 2. The molecule has 2 aromatic heterocycles. The molecule has 1 fully saturated rings. The van der Waals surface area contributed by atoms with E-state index in [9.17, 15) is 18.0 Å². The van der Waals surface area contributed by atoms with E-state index in [0.29, 0.717) is 17.0 Å². The van der Waals surface area contributed by atoms with E-state index in [1.807, 2.05) is 0 Å².